The Bertz CT molecular complexity index is 1030. The first kappa shape index (κ1) is 19.0. The number of thiazole rings is 1. The molecule has 4 rings (SSSR count). The fourth-order valence-corrected chi connectivity index (χ4v) is 4.64. The molecule has 6 nitrogen and oxygen atoms in total. The van der Waals surface area contributed by atoms with Gasteiger partial charge in [-0.25, -0.2) is 4.98 Å². The molecule has 0 radical (unpaired) electrons. The molecule has 2 amide bonds. The molecule has 1 aromatic carbocycles. The quantitative estimate of drug-likeness (QED) is 0.597. The van der Waals surface area contributed by atoms with E-state index in [-0.39, 0.29) is 17.7 Å². The number of nitrogens with one attached hydrogen (secondary N) is 3. The van der Waals surface area contributed by atoms with Gasteiger partial charge in [-0.05, 0) is 30.2 Å². The van der Waals surface area contributed by atoms with Crippen LogP contribution in [0.1, 0.15) is 36.7 Å². The highest BCUT2D eigenvalue weighted by Gasteiger charge is 2.38. The molecule has 3 aromatic rings. The number of H-pyrrole nitrogens is 1. The molecule has 1 saturated heterocycles. The Labute approximate surface area is 171 Å². The molecule has 0 unspecified atom stereocenters. The number of rotatable bonds is 5. The minimum absolute atomic E-state index is 0.175. The number of piperazine rings is 1. The van der Waals surface area contributed by atoms with Crippen molar-refractivity contribution >= 4 is 45.7 Å². The van der Waals surface area contributed by atoms with E-state index in [4.69, 9.17) is 11.6 Å². The summed E-state index contributed by atoms with van der Waals surface area (Å²) in [6, 6.07) is 4.46. The summed E-state index contributed by atoms with van der Waals surface area (Å²) in [5.74, 6) is -0.558. The van der Waals surface area contributed by atoms with E-state index in [2.05, 4.69) is 27.5 Å². The third-order valence-corrected chi connectivity index (χ3v) is 6.17. The molecule has 8 heteroatoms. The van der Waals surface area contributed by atoms with Crippen LogP contribution in [0.3, 0.4) is 0 Å². The fraction of sp³-hybridized carbons (Fsp3) is 0.350. The molecule has 0 bridgehead atoms. The molecule has 1 aliphatic heterocycles. The van der Waals surface area contributed by atoms with Gasteiger partial charge >= 0.3 is 0 Å². The van der Waals surface area contributed by atoms with Crippen molar-refractivity contribution < 1.29 is 9.59 Å². The standard InChI is InChI=1S/C20H21ClN4O2S/c1-3-14-17(13-6-11(21)4-5-15(13)23-14)10(2)18-20(27)24-16(19(26)25-18)7-12-8-28-9-22-12/h4-6,8-10,16,18,23H,3,7H2,1-2H3,(H,24,27)(H,25,26)/t10-,16+,18-/m1/s1. The molecular formula is C20H21ClN4O2S. The topological polar surface area (TPSA) is 86.9 Å². The molecule has 1 fully saturated rings. The Hall–Kier alpha value is -2.38. The lowest BCUT2D eigenvalue weighted by Gasteiger charge is -2.33. The summed E-state index contributed by atoms with van der Waals surface area (Å²) in [6.45, 7) is 4.03. The van der Waals surface area contributed by atoms with Crippen molar-refractivity contribution in [3.63, 3.8) is 0 Å². The zero-order chi connectivity index (χ0) is 19.8. The minimum Gasteiger partial charge on any atom is -0.358 e. The average Bonchev–Trinajstić information content (AvgIpc) is 3.30. The van der Waals surface area contributed by atoms with Crippen molar-refractivity contribution in [1.29, 1.82) is 0 Å². The molecule has 2 aromatic heterocycles. The second-order valence-corrected chi connectivity index (χ2v) is 8.24. The highest BCUT2D eigenvalue weighted by Crippen LogP contribution is 2.34. The van der Waals surface area contributed by atoms with Crippen LogP contribution in [-0.4, -0.2) is 33.9 Å². The fourth-order valence-electron chi connectivity index (χ4n) is 3.90. The minimum atomic E-state index is -0.637. The van der Waals surface area contributed by atoms with Gasteiger partial charge in [0.05, 0.1) is 11.2 Å². The first-order valence-corrected chi connectivity index (χ1v) is 10.6. The van der Waals surface area contributed by atoms with Gasteiger partial charge < -0.3 is 15.6 Å². The Morgan fingerprint density at radius 3 is 2.79 bits per heavy atom. The lowest BCUT2D eigenvalue weighted by molar-refractivity contribution is -0.137. The van der Waals surface area contributed by atoms with Crippen molar-refractivity contribution in [1.82, 2.24) is 20.6 Å². The van der Waals surface area contributed by atoms with E-state index < -0.39 is 12.1 Å². The summed E-state index contributed by atoms with van der Waals surface area (Å²) in [7, 11) is 0. The molecule has 0 spiro atoms. The third kappa shape index (κ3) is 3.40. The molecule has 3 atom stereocenters. The van der Waals surface area contributed by atoms with E-state index in [0.717, 1.165) is 34.3 Å². The number of aryl methyl sites for hydroxylation is 1. The number of carbonyl (C=O) groups is 2. The van der Waals surface area contributed by atoms with Crippen molar-refractivity contribution in [3.05, 3.63) is 51.1 Å². The van der Waals surface area contributed by atoms with E-state index in [0.29, 0.717) is 11.4 Å². The van der Waals surface area contributed by atoms with Gasteiger partial charge in [0.2, 0.25) is 11.8 Å². The Balaban J connectivity index is 1.61. The van der Waals surface area contributed by atoms with Crippen LogP contribution in [0.2, 0.25) is 5.02 Å². The summed E-state index contributed by atoms with van der Waals surface area (Å²) < 4.78 is 0. The van der Waals surface area contributed by atoms with Gasteiger partial charge in [0.1, 0.15) is 12.1 Å². The van der Waals surface area contributed by atoms with Crippen LogP contribution < -0.4 is 10.6 Å². The number of fused-ring (bicyclic) bond motifs is 1. The molecule has 3 N–H and O–H groups in total. The van der Waals surface area contributed by atoms with Gasteiger partial charge in [0, 0.05) is 39.3 Å². The van der Waals surface area contributed by atoms with Crippen LogP contribution in [-0.2, 0) is 22.4 Å². The van der Waals surface area contributed by atoms with E-state index in [1.54, 1.807) is 5.51 Å². The number of carbonyl (C=O) groups excluding carboxylic acids is 2. The molecule has 146 valence electrons. The summed E-state index contributed by atoms with van der Waals surface area (Å²) in [4.78, 5) is 33.1. The van der Waals surface area contributed by atoms with Gasteiger partial charge in [0.25, 0.3) is 0 Å². The zero-order valence-electron chi connectivity index (χ0n) is 15.6. The first-order chi connectivity index (χ1) is 13.5. The molecule has 1 aliphatic rings. The molecule has 3 heterocycles. The third-order valence-electron chi connectivity index (χ3n) is 5.30. The van der Waals surface area contributed by atoms with Gasteiger partial charge in [-0.2, -0.15) is 0 Å². The monoisotopic (exact) mass is 416 g/mol. The molecular weight excluding hydrogens is 396 g/mol. The Kier molecular flexibility index (Phi) is 5.12. The first-order valence-electron chi connectivity index (χ1n) is 9.25. The number of aromatic nitrogens is 2. The second-order valence-electron chi connectivity index (χ2n) is 7.08. The number of amides is 2. The van der Waals surface area contributed by atoms with Crippen LogP contribution in [0.15, 0.2) is 29.1 Å². The van der Waals surface area contributed by atoms with Gasteiger partial charge in [-0.15, -0.1) is 11.3 Å². The number of nitrogens with zero attached hydrogens (tertiary/aromatic N) is 1. The van der Waals surface area contributed by atoms with Crippen molar-refractivity contribution in [3.8, 4) is 0 Å². The zero-order valence-corrected chi connectivity index (χ0v) is 17.2. The molecule has 0 aliphatic carbocycles. The van der Waals surface area contributed by atoms with Gasteiger partial charge in [0.15, 0.2) is 0 Å². The number of hydrogen-bond acceptors (Lipinski definition) is 4. The van der Waals surface area contributed by atoms with E-state index >= 15 is 0 Å². The molecule has 0 saturated carbocycles. The number of halogens is 1. The van der Waals surface area contributed by atoms with Crippen LogP contribution >= 0.6 is 22.9 Å². The Morgan fingerprint density at radius 1 is 1.25 bits per heavy atom. The predicted octanol–water partition coefficient (Wildman–Crippen LogP) is 3.17. The summed E-state index contributed by atoms with van der Waals surface area (Å²) in [5, 5.41) is 9.31. The maximum absolute atomic E-state index is 12.8. The molecule has 28 heavy (non-hydrogen) atoms. The second kappa shape index (κ2) is 7.56. The van der Waals surface area contributed by atoms with Crippen molar-refractivity contribution in [2.24, 2.45) is 0 Å². The van der Waals surface area contributed by atoms with Gasteiger partial charge in [-0.1, -0.05) is 25.4 Å². The normalized spacial score (nSPS) is 20.8. The maximum Gasteiger partial charge on any atom is 0.243 e. The van der Waals surface area contributed by atoms with Crippen molar-refractivity contribution in [2.45, 2.75) is 44.7 Å². The Morgan fingerprint density at radius 2 is 2.07 bits per heavy atom. The SMILES string of the molecule is CCc1[nH]c2ccc(Cl)cc2c1[C@@H](C)[C@H]1NC(=O)[C@H](Cc2cscn2)NC1=O. The van der Waals surface area contributed by atoms with E-state index in [1.165, 1.54) is 11.3 Å². The summed E-state index contributed by atoms with van der Waals surface area (Å²) >= 11 is 7.67. The number of hydrogen-bond donors (Lipinski definition) is 3. The largest absolute Gasteiger partial charge is 0.358 e. The van der Waals surface area contributed by atoms with Crippen LogP contribution in [0.4, 0.5) is 0 Å². The van der Waals surface area contributed by atoms with Gasteiger partial charge in [-0.3, -0.25) is 9.59 Å². The van der Waals surface area contributed by atoms with Crippen LogP contribution in [0.5, 0.6) is 0 Å². The number of benzene rings is 1. The van der Waals surface area contributed by atoms with Crippen molar-refractivity contribution in [2.75, 3.05) is 0 Å². The van der Waals surface area contributed by atoms with E-state index in [1.807, 2.05) is 30.5 Å². The average molecular weight is 417 g/mol. The highest BCUT2D eigenvalue weighted by atomic mass is 35.5. The van der Waals surface area contributed by atoms with Crippen LogP contribution in [0.25, 0.3) is 10.9 Å². The predicted molar refractivity (Wildman–Crippen MR) is 111 cm³/mol. The summed E-state index contributed by atoms with van der Waals surface area (Å²) in [5.41, 5.74) is 5.58. The highest BCUT2D eigenvalue weighted by molar-refractivity contribution is 7.07. The smallest absolute Gasteiger partial charge is 0.243 e. The lowest BCUT2D eigenvalue weighted by atomic mass is 9.88. The summed E-state index contributed by atoms with van der Waals surface area (Å²) in [6.07, 6.45) is 1.19. The maximum atomic E-state index is 12.8. The van der Waals surface area contributed by atoms with Crippen LogP contribution in [0, 0.1) is 0 Å². The van der Waals surface area contributed by atoms with E-state index in [9.17, 15) is 9.59 Å². The number of aromatic amines is 1. The lowest BCUT2D eigenvalue weighted by Crippen LogP contribution is -2.63.